The Balaban J connectivity index is 1.43. The molecular formula is C20H36N6O3. The number of ether oxygens (including phenoxy) is 1. The number of nitrogens with zero attached hydrogens (tertiary/aromatic N) is 5. The fraction of sp³-hybridized carbons (Fsp3) is 0.850. The molecule has 9 heteroatoms. The van der Waals surface area contributed by atoms with Gasteiger partial charge in [-0.25, -0.2) is 0 Å². The number of aliphatic imine (C=N–C) groups is 1. The van der Waals surface area contributed by atoms with Gasteiger partial charge in [0.15, 0.2) is 5.96 Å². The van der Waals surface area contributed by atoms with E-state index in [4.69, 9.17) is 9.73 Å². The van der Waals surface area contributed by atoms with Gasteiger partial charge in [0.05, 0.1) is 6.54 Å². The van der Waals surface area contributed by atoms with E-state index < -0.39 is 0 Å². The zero-order valence-corrected chi connectivity index (χ0v) is 17.9. The van der Waals surface area contributed by atoms with E-state index in [2.05, 4.69) is 22.0 Å². The minimum absolute atomic E-state index is 0.147. The van der Waals surface area contributed by atoms with Gasteiger partial charge in [0.2, 0.25) is 5.91 Å². The summed E-state index contributed by atoms with van der Waals surface area (Å²) in [5.41, 5.74) is 0. The van der Waals surface area contributed by atoms with Crippen molar-refractivity contribution in [1.82, 2.24) is 24.9 Å². The van der Waals surface area contributed by atoms with Crippen molar-refractivity contribution < 1.29 is 14.3 Å². The van der Waals surface area contributed by atoms with Crippen LogP contribution in [0.3, 0.4) is 0 Å². The van der Waals surface area contributed by atoms with Crippen LogP contribution < -0.4 is 5.32 Å². The van der Waals surface area contributed by atoms with Crippen molar-refractivity contribution >= 4 is 17.8 Å². The van der Waals surface area contributed by atoms with Gasteiger partial charge >= 0.3 is 0 Å². The Morgan fingerprint density at radius 2 is 1.66 bits per heavy atom. The molecule has 0 aromatic heterocycles. The summed E-state index contributed by atoms with van der Waals surface area (Å²) in [5, 5.41) is 3.39. The molecule has 0 aliphatic carbocycles. The Bertz CT molecular complexity index is 577. The Kier molecular flexibility index (Phi) is 8.11. The Morgan fingerprint density at radius 1 is 1.00 bits per heavy atom. The number of amides is 2. The molecule has 9 nitrogen and oxygen atoms in total. The molecule has 29 heavy (non-hydrogen) atoms. The quantitative estimate of drug-likeness (QED) is 0.485. The van der Waals surface area contributed by atoms with E-state index in [1.54, 1.807) is 6.92 Å². The van der Waals surface area contributed by atoms with Crippen LogP contribution in [0, 0.1) is 0 Å². The summed E-state index contributed by atoms with van der Waals surface area (Å²) in [5.74, 6) is 1.24. The minimum Gasteiger partial charge on any atom is -0.368 e. The SMILES string of the molecule is CCNC(=NCCN1CCN(C(C)=O)CC1)N1CCN(C(=O)C2CCCO2)CC1. The summed E-state index contributed by atoms with van der Waals surface area (Å²) in [6.45, 7) is 13.3. The summed E-state index contributed by atoms with van der Waals surface area (Å²) in [4.78, 5) is 37.2. The van der Waals surface area contributed by atoms with E-state index in [1.807, 2.05) is 9.80 Å². The lowest BCUT2D eigenvalue weighted by molar-refractivity contribution is -0.142. The first-order valence-electron chi connectivity index (χ1n) is 11.0. The standard InChI is InChI=1S/C20H36N6O3/c1-3-21-20(22-6-7-23-8-10-24(11-9-23)17(2)27)26-14-12-25(13-15-26)19(28)18-5-4-16-29-18/h18H,3-16H2,1-2H3,(H,21,22). The molecule has 0 saturated carbocycles. The molecule has 3 aliphatic rings. The van der Waals surface area contributed by atoms with Gasteiger partial charge < -0.3 is 24.8 Å². The van der Waals surface area contributed by atoms with Crippen LogP contribution in [-0.2, 0) is 14.3 Å². The second-order valence-electron chi connectivity index (χ2n) is 7.90. The third kappa shape index (κ3) is 6.05. The van der Waals surface area contributed by atoms with Crippen LogP contribution in [0.5, 0.6) is 0 Å². The maximum atomic E-state index is 12.5. The Morgan fingerprint density at radius 3 is 2.24 bits per heavy atom. The summed E-state index contributed by atoms with van der Waals surface area (Å²) in [6, 6.07) is 0. The number of guanidine groups is 1. The van der Waals surface area contributed by atoms with Gasteiger partial charge in [-0.15, -0.1) is 0 Å². The smallest absolute Gasteiger partial charge is 0.251 e. The third-order valence-electron chi connectivity index (χ3n) is 5.93. The predicted molar refractivity (Wildman–Crippen MR) is 112 cm³/mol. The fourth-order valence-corrected chi connectivity index (χ4v) is 4.12. The Hall–Kier alpha value is -1.87. The first-order valence-corrected chi connectivity index (χ1v) is 11.0. The van der Waals surface area contributed by atoms with E-state index >= 15 is 0 Å². The normalized spacial score (nSPS) is 24.1. The molecular weight excluding hydrogens is 372 g/mol. The van der Waals surface area contributed by atoms with Crippen LogP contribution in [-0.4, -0.2) is 122 Å². The molecule has 164 valence electrons. The molecule has 3 fully saturated rings. The molecule has 0 radical (unpaired) electrons. The lowest BCUT2D eigenvalue weighted by atomic mass is 10.2. The zero-order chi connectivity index (χ0) is 20.6. The molecule has 1 atom stereocenters. The maximum absolute atomic E-state index is 12.5. The van der Waals surface area contributed by atoms with Crippen molar-refractivity contribution in [2.75, 3.05) is 78.6 Å². The number of rotatable bonds is 5. The molecule has 0 bridgehead atoms. The topological polar surface area (TPSA) is 80.7 Å². The van der Waals surface area contributed by atoms with Crippen molar-refractivity contribution in [3.05, 3.63) is 0 Å². The first kappa shape index (κ1) is 21.8. The van der Waals surface area contributed by atoms with Gasteiger partial charge in [0, 0.05) is 79.0 Å². The largest absolute Gasteiger partial charge is 0.368 e. The summed E-state index contributed by atoms with van der Waals surface area (Å²) >= 11 is 0. The molecule has 3 saturated heterocycles. The zero-order valence-electron chi connectivity index (χ0n) is 17.9. The number of nitrogens with one attached hydrogen (secondary N) is 1. The number of hydrogen-bond donors (Lipinski definition) is 1. The van der Waals surface area contributed by atoms with Gasteiger partial charge in [-0.05, 0) is 19.8 Å². The van der Waals surface area contributed by atoms with Crippen LogP contribution in [0.25, 0.3) is 0 Å². The summed E-state index contributed by atoms with van der Waals surface area (Å²) in [7, 11) is 0. The minimum atomic E-state index is -0.230. The van der Waals surface area contributed by atoms with Gasteiger partial charge in [0.25, 0.3) is 5.91 Å². The van der Waals surface area contributed by atoms with E-state index in [9.17, 15) is 9.59 Å². The number of carbonyl (C=O) groups excluding carboxylic acids is 2. The first-order chi connectivity index (χ1) is 14.1. The van der Waals surface area contributed by atoms with Gasteiger partial charge in [0.1, 0.15) is 6.10 Å². The van der Waals surface area contributed by atoms with Crippen LogP contribution in [0.4, 0.5) is 0 Å². The fourth-order valence-electron chi connectivity index (χ4n) is 4.12. The molecule has 3 rings (SSSR count). The molecule has 2 amide bonds. The monoisotopic (exact) mass is 408 g/mol. The summed E-state index contributed by atoms with van der Waals surface area (Å²) in [6.07, 6.45) is 1.60. The lowest BCUT2D eigenvalue weighted by Gasteiger charge is -2.37. The second kappa shape index (κ2) is 10.8. The molecule has 1 unspecified atom stereocenters. The highest BCUT2D eigenvalue weighted by Crippen LogP contribution is 2.16. The molecule has 0 spiro atoms. The lowest BCUT2D eigenvalue weighted by Crippen LogP contribution is -2.55. The predicted octanol–water partition coefficient (Wildman–Crippen LogP) is -0.561. The van der Waals surface area contributed by atoms with Crippen LogP contribution in [0.2, 0.25) is 0 Å². The van der Waals surface area contributed by atoms with Gasteiger partial charge in [-0.2, -0.15) is 0 Å². The van der Waals surface area contributed by atoms with Crippen molar-refractivity contribution in [2.24, 2.45) is 4.99 Å². The second-order valence-corrected chi connectivity index (χ2v) is 7.90. The molecule has 3 heterocycles. The molecule has 0 aromatic carbocycles. The van der Waals surface area contributed by atoms with Crippen LogP contribution in [0.1, 0.15) is 26.7 Å². The van der Waals surface area contributed by atoms with Crippen molar-refractivity contribution in [3.8, 4) is 0 Å². The van der Waals surface area contributed by atoms with Crippen LogP contribution >= 0.6 is 0 Å². The van der Waals surface area contributed by atoms with Crippen LogP contribution in [0.15, 0.2) is 4.99 Å². The van der Waals surface area contributed by atoms with Gasteiger partial charge in [-0.1, -0.05) is 0 Å². The molecule has 3 aliphatic heterocycles. The van der Waals surface area contributed by atoms with E-state index in [0.29, 0.717) is 6.61 Å². The van der Waals surface area contributed by atoms with Crippen molar-refractivity contribution in [3.63, 3.8) is 0 Å². The van der Waals surface area contributed by atoms with Crippen molar-refractivity contribution in [1.29, 1.82) is 0 Å². The third-order valence-corrected chi connectivity index (χ3v) is 5.93. The van der Waals surface area contributed by atoms with Gasteiger partial charge in [-0.3, -0.25) is 19.5 Å². The highest BCUT2D eigenvalue weighted by Gasteiger charge is 2.31. The number of piperazine rings is 2. The van der Waals surface area contributed by atoms with E-state index in [0.717, 1.165) is 90.8 Å². The van der Waals surface area contributed by atoms with Crippen molar-refractivity contribution in [2.45, 2.75) is 32.8 Å². The summed E-state index contributed by atoms with van der Waals surface area (Å²) < 4.78 is 5.54. The van der Waals surface area contributed by atoms with E-state index in [1.165, 1.54) is 0 Å². The van der Waals surface area contributed by atoms with E-state index in [-0.39, 0.29) is 17.9 Å². The average molecular weight is 409 g/mol. The number of carbonyl (C=O) groups is 2. The molecule has 1 N–H and O–H groups in total. The Labute approximate surface area is 174 Å². The molecule has 0 aromatic rings. The highest BCUT2D eigenvalue weighted by molar-refractivity contribution is 5.82. The average Bonchev–Trinajstić information content (AvgIpc) is 3.28. The highest BCUT2D eigenvalue weighted by atomic mass is 16.5. The maximum Gasteiger partial charge on any atom is 0.251 e. The number of hydrogen-bond acceptors (Lipinski definition) is 5.